The highest BCUT2D eigenvalue weighted by Crippen LogP contribution is 2.38. The van der Waals surface area contributed by atoms with E-state index in [1.165, 1.54) is 11.9 Å². The zero-order valence-electron chi connectivity index (χ0n) is 14.7. The molecule has 0 saturated heterocycles. The molecule has 0 spiro atoms. The lowest BCUT2D eigenvalue weighted by atomic mass is 9.84. The topological polar surface area (TPSA) is 44.4 Å². The van der Waals surface area contributed by atoms with Crippen molar-refractivity contribution in [3.63, 3.8) is 0 Å². The molecule has 1 heterocycles. The van der Waals surface area contributed by atoms with Crippen molar-refractivity contribution < 1.29 is 4.79 Å². The van der Waals surface area contributed by atoms with Gasteiger partial charge in [-0.15, -0.1) is 0 Å². The van der Waals surface area contributed by atoms with Gasteiger partial charge in [0, 0.05) is 40.5 Å². The third-order valence-corrected chi connectivity index (χ3v) is 5.52. The van der Waals surface area contributed by atoms with Crippen LogP contribution in [0.15, 0.2) is 36.4 Å². The molecule has 2 aromatic carbocycles. The lowest BCUT2D eigenvalue weighted by Crippen LogP contribution is -2.31. The molecule has 1 aliphatic rings. The standard InChI is InChI=1S/C19H21Cl2N3OS/c1-3-26-23-19(25)22-14-6-4-5-12(7-14)16-10-24(2)11-17-15(16)8-13(20)9-18(17)21/h4-9,16H,3,10-11H2,1-2H3,(H2,22,23,25). The van der Waals surface area contributed by atoms with Crippen molar-refractivity contribution >= 4 is 46.9 Å². The van der Waals surface area contributed by atoms with Crippen LogP contribution in [0.5, 0.6) is 0 Å². The molecule has 1 unspecified atom stereocenters. The van der Waals surface area contributed by atoms with Gasteiger partial charge in [-0.25, -0.2) is 4.79 Å². The highest BCUT2D eigenvalue weighted by molar-refractivity contribution is 7.97. The summed E-state index contributed by atoms with van der Waals surface area (Å²) in [5.41, 5.74) is 4.16. The van der Waals surface area contributed by atoms with Crippen LogP contribution in [0.4, 0.5) is 10.5 Å². The van der Waals surface area contributed by atoms with E-state index < -0.39 is 0 Å². The van der Waals surface area contributed by atoms with Crippen LogP contribution in [-0.4, -0.2) is 30.3 Å². The van der Waals surface area contributed by atoms with E-state index in [2.05, 4.69) is 28.1 Å². The van der Waals surface area contributed by atoms with Crippen molar-refractivity contribution in [2.75, 3.05) is 24.7 Å². The van der Waals surface area contributed by atoms with Crippen molar-refractivity contribution in [1.29, 1.82) is 0 Å². The lowest BCUT2D eigenvalue weighted by Gasteiger charge is -2.33. The first-order valence-corrected chi connectivity index (χ1v) is 10.2. The number of nitrogens with one attached hydrogen (secondary N) is 2. The quantitative estimate of drug-likeness (QED) is 0.667. The number of halogens is 2. The Balaban J connectivity index is 1.90. The Morgan fingerprint density at radius 2 is 2.12 bits per heavy atom. The highest BCUT2D eigenvalue weighted by atomic mass is 35.5. The van der Waals surface area contributed by atoms with E-state index in [0.717, 1.165) is 41.2 Å². The van der Waals surface area contributed by atoms with E-state index in [0.29, 0.717) is 10.0 Å². The predicted octanol–water partition coefficient (Wildman–Crippen LogP) is 5.36. The van der Waals surface area contributed by atoms with Gasteiger partial charge in [-0.2, -0.15) is 0 Å². The molecule has 0 fully saturated rings. The SMILES string of the molecule is CCSNC(=O)Nc1cccc(C2CN(C)Cc3c(Cl)cc(Cl)cc32)c1. The number of carbonyl (C=O) groups excluding carboxylic acids is 1. The minimum atomic E-state index is -0.221. The number of hydrogen-bond acceptors (Lipinski definition) is 3. The fourth-order valence-corrected chi connectivity index (χ4v) is 4.15. The predicted molar refractivity (Wildman–Crippen MR) is 111 cm³/mol. The second-order valence-electron chi connectivity index (χ2n) is 6.32. The fraction of sp³-hybridized carbons (Fsp3) is 0.316. The zero-order chi connectivity index (χ0) is 18.7. The zero-order valence-corrected chi connectivity index (χ0v) is 17.0. The summed E-state index contributed by atoms with van der Waals surface area (Å²) in [6.45, 7) is 3.65. The Labute approximate surface area is 168 Å². The number of anilines is 1. The molecular weight excluding hydrogens is 389 g/mol. The van der Waals surface area contributed by atoms with E-state index in [1.54, 1.807) is 6.07 Å². The van der Waals surface area contributed by atoms with Crippen molar-refractivity contribution in [1.82, 2.24) is 9.62 Å². The molecule has 0 aliphatic carbocycles. The minimum Gasteiger partial charge on any atom is -0.307 e. The Morgan fingerprint density at radius 3 is 2.88 bits per heavy atom. The molecule has 3 rings (SSSR count). The average molecular weight is 410 g/mol. The fourth-order valence-electron chi connectivity index (χ4n) is 3.26. The minimum absolute atomic E-state index is 0.148. The van der Waals surface area contributed by atoms with E-state index >= 15 is 0 Å². The van der Waals surface area contributed by atoms with Crippen LogP contribution in [0.25, 0.3) is 0 Å². The molecule has 7 heteroatoms. The number of amides is 2. The van der Waals surface area contributed by atoms with E-state index in [4.69, 9.17) is 23.2 Å². The summed E-state index contributed by atoms with van der Waals surface area (Å²) in [7, 11) is 2.08. The summed E-state index contributed by atoms with van der Waals surface area (Å²) in [6, 6.07) is 11.5. The van der Waals surface area contributed by atoms with Gasteiger partial charge >= 0.3 is 6.03 Å². The summed E-state index contributed by atoms with van der Waals surface area (Å²) in [5, 5.41) is 4.23. The Hall–Kier alpha value is -1.40. The summed E-state index contributed by atoms with van der Waals surface area (Å²) in [5.74, 6) is 0.968. The maximum atomic E-state index is 11.9. The van der Waals surface area contributed by atoms with E-state index in [1.807, 2.05) is 31.2 Å². The first kappa shape index (κ1) is 19.4. The maximum Gasteiger partial charge on any atom is 0.329 e. The van der Waals surface area contributed by atoms with Gasteiger partial charge in [0.25, 0.3) is 0 Å². The first-order chi connectivity index (χ1) is 12.5. The molecule has 0 aromatic heterocycles. The monoisotopic (exact) mass is 409 g/mol. The van der Waals surface area contributed by atoms with Crippen LogP contribution in [0.1, 0.15) is 29.5 Å². The van der Waals surface area contributed by atoms with E-state index in [9.17, 15) is 4.79 Å². The third kappa shape index (κ3) is 4.46. The molecule has 0 bridgehead atoms. The van der Waals surface area contributed by atoms with Crippen molar-refractivity contribution in [3.05, 3.63) is 63.1 Å². The molecule has 2 N–H and O–H groups in total. The molecule has 1 atom stereocenters. The lowest BCUT2D eigenvalue weighted by molar-refractivity contribution is 0.257. The van der Waals surface area contributed by atoms with Gasteiger partial charge in [0.05, 0.1) is 0 Å². The van der Waals surface area contributed by atoms with Crippen molar-refractivity contribution in [2.45, 2.75) is 19.4 Å². The highest BCUT2D eigenvalue weighted by Gasteiger charge is 2.27. The number of urea groups is 1. The second kappa shape index (κ2) is 8.53. The van der Waals surface area contributed by atoms with Crippen LogP contribution in [0.2, 0.25) is 10.0 Å². The summed E-state index contributed by atoms with van der Waals surface area (Å²) in [6.07, 6.45) is 0. The molecule has 2 aromatic rings. The Morgan fingerprint density at radius 1 is 1.31 bits per heavy atom. The van der Waals surface area contributed by atoms with Crippen LogP contribution in [0.3, 0.4) is 0 Å². The number of carbonyl (C=O) groups is 1. The van der Waals surface area contributed by atoms with Crippen LogP contribution >= 0.6 is 35.1 Å². The van der Waals surface area contributed by atoms with Gasteiger partial charge in [0.15, 0.2) is 0 Å². The molecule has 4 nitrogen and oxygen atoms in total. The number of rotatable bonds is 4. The molecule has 26 heavy (non-hydrogen) atoms. The van der Waals surface area contributed by atoms with E-state index in [-0.39, 0.29) is 11.9 Å². The third-order valence-electron chi connectivity index (χ3n) is 4.35. The van der Waals surface area contributed by atoms with Gasteiger partial charge in [0.1, 0.15) is 0 Å². The smallest absolute Gasteiger partial charge is 0.307 e. The van der Waals surface area contributed by atoms with Gasteiger partial charge in [-0.3, -0.25) is 4.72 Å². The normalized spacial score (nSPS) is 16.8. The van der Waals surface area contributed by atoms with Crippen LogP contribution < -0.4 is 10.0 Å². The van der Waals surface area contributed by atoms with Crippen molar-refractivity contribution in [2.24, 2.45) is 0 Å². The molecule has 0 radical (unpaired) electrons. The number of benzene rings is 2. The summed E-state index contributed by atoms with van der Waals surface area (Å²) >= 11 is 14.1. The summed E-state index contributed by atoms with van der Waals surface area (Å²) < 4.78 is 2.74. The summed E-state index contributed by atoms with van der Waals surface area (Å²) in [4.78, 5) is 14.2. The Bertz CT molecular complexity index is 815. The maximum absolute atomic E-state index is 11.9. The van der Waals surface area contributed by atoms with Gasteiger partial charge in [0.2, 0.25) is 0 Å². The van der Waals surface area contributed by atoms with Gasteiger partial charge in [-0.05, 0) is 60.0 Å². The second-order valence-corrected chi connectivity index (χ2v) is 8.23. The molecule has 1 aliphatic heterocycles. The van der Waals surface area contributed by atoms with Crippen LogP contribution in [0, 0.1) is 0 Å². The van der Waals surface area contributed by atoms with Gasteiger partial charge < -0.3 is 10.2 Å². The van der Waals surface area contributed by atoms with Crippen molar-refractivity contribution in [3.8, 4) is 0 Å². The van der Waals surface area contributed by atoms with Crippen LogP contribution in [-0.2, 0) is 6.54 Å². The average Bonchev–Trinajstić information content (AvgIpc) is 2.60. The number of hydrogen-bond donors (Lipinski definition) is 2. The number of likely N-dealkylation sites (N-methyl/N-ethyl adjacent to an activating group) is 1. The molecule has 138 valence electrons. The number of fused-ring (bicyclic) bond motifs is 1. The number of nitrogens with zero attached hydrogens (tertiary/aromatic N) is 1. The Kier molecular flexibility index (Phi) is 6.35. The largest absolute Gasteiger partial charge is 0.329 e. The molecule has 2 amide bonds. The van der Waals surface area contributed by atoms with Gasteiger partial charge in [-0.1, -0.05) is 42.3 Å². The molecule has 0 saturated carbocycles. The molecular formula is C19H21Cl2N3OS. The first-order valence-electron chi connectivity index (χ1n) is 8.43.